The molecular formula is C24H37N3O9. The van der Waals surface area contributed by atoms with Crippen molar-refractivity contribution in [1.82, 2.24) is 16.0 Å². The van der Waals surface area contributed by atoms with Crippen molar-refractivity contribution in [2.45, 2.75) is 80.2 Å². The molecule has 1 aliphatic carbocycles. The largest absolute Gasteiger partial charge is 0.465 e. The number of hydrogen-bond donors (Lipinski definition) is 7. The molecule has 2 aliphatic heterocycles. The Hall–Kier alpha value is -1.71. The zero-order chi connectivity index (χ0) is 26.3. The number of rotatable bonds is 7. The molecule has 0 radical (unpaired) electrons. The van der Waals surface area contributed by atoms with Crippen LogP contribution in [0.15, 0.2) is 24.3 Å². The van der Waals surface area contributed by atoms with Gasteiger partial charge in [0.25, 0.3) is 0 Å². The lowest BCUT2D eigenvalue weighted by atomic mass is 9.77. The van der Waals surface area contributed by atoms with Crippen LogP contribution in [0.2, 0.25) is 0 Å². The summed E-state index contributed by atoms with van der Waals surface area (Å²) >= 11 is 0. The summed E-state index contributed by atoms with van der Waals surface area (Å²) in [6, 6.07) is 5.45. The van der Waals surface area contributed by atoms with Crippen LogP contribution in [-0.2, 0) is 25.5 Å². The van der Waals surface area contributed by atoms with Crippen molar-refractivity contribution in [3.05, 3.63) is 35.4 Å². The smallest absolute Gasteiger partial charge is 0.337 e. The van der Waals surface area contributed by atoms with Crippen LogP contribution in [0.25, 0.3) is 0 Å². The number of ether oxygens (including phenoxy) is 4. The van der Waals surface area contributed by atoms with Gasteiger partial charge in [0.05, 0.1) is 37.0 Å². The highest BCUT2D eigenvalue weighted by Gasteiger charge is 2.68. The van der Waals surface area contributed by atoms with Crippen molar-refractivity contribution in [3.8, 4) is 0 Å². The van der Waals surface area contributed by atoms with Crippen molar-refractivity contribution < 1.29 is 44.2 Å². The quantitative estimate of drug-likeness (QED) is 0.198. The Labute approximate surface area is 209 Å². The summed E-state index contributed by atoms with van der Waals surface area (Å²) in [5, 5.41) is 54.1. The number of benzene rings is 1. The lowest BCUT2D eigenvalue weighted by Gasteiger charge is -2.60. The first-order chi connectivity index (χ1) is 17.1. The van der Waals surface area contributed by atoms with Crippen molar-refractivity contribution >= 4 is 5.97 Å². The summed E-state index contributed by atoms with van der Waals surface area (Å²) < 4.78 is 22.7. The average Bonchev–Trinajstić information content (AvgIpc) is 2.84. The molecule has 2 heterocycles. The minimum absolute atomic E-state index is 0.0322. The maximum Gasteiger partial charge on any atom is 0.337 e. The Morgan fingerprint density at radius 1 is 1.11 bits per heavy atom. The molecule has 3 fully saturated rings. The highest BCUT2D eigenvalue weighted by atomic mass is 16.8. The first-order valence-corrected chi connectivity index (χ1v) is 12.1. The fraction of sp³-hybridized carbons (Fsp3) is 0.708. The Kier molecular flexibility index (Phi) is 8.03. The molecule has 0 bridgehead atoms. The van der Waals surface area contributed by atoms with E-state index < -0.39 is 66.3 Å². The SMILES string of the molecule is CNC1C(O)C(NC)C2OC3(O)C(OC(C)CC3(O)CNCc3cccc(C(=O)OC)c3)OC2C1O. The Morgan fingerprint density at radius 2 is 1.83 bits per heavy atom. The van der Waals surface area contributed by atoms with Gasteiger partial charge in [0, 0.05) is 19.5 Å². The second-order valence-electron chi connectivity index (χ2n) is 9.80. The standard InChI is InChI=1S/C24H37N3O9/c1-12-9-23(31,11-27-10-13-6-5-7-14(8-13)21(30)33-4)24(32)22(34-12)35-20-18(29)15(25-2)17(28)16(26-3)19(20)36-24/h5-8,12,15-20,22,25-29,31-32H,9-11H2,1-4H3. The van der Waals surface area contributed by atoms with Gasteiger partial charge in [0.2, 0.25) is 12.1 Å². The van der Waals surface area contributed by atoms with E-state index in [-0.39, 0.29) is 19.5 Å². The number of hydrogen-bond acceptors (Lipinski definition) is 12. The van der Waals surface area contributed by atoms with Crippen LogP contribution in [0.4, 0.5) is 0 Å². The third kappa shape index (κ3) is 4.67. The fourth-order valence-electron chi connectivity index (χ4n) is 5.57. The summed E-state index contributed by atoms with van der Waals surface area (Å²) in [4.78, 5) is 11.8. The Bertz CT molecular complexity index is 938. The van der Waals surface area contributed by atoms with Crippen LogP contribution in [0.5, 0.6) is 0 Å². The second-order valence-corrected chi connectivity index (χ2v) is 9.80. The van der Waals surface area contributed by atoms with E-state index in [1.807, 2.05) is 6.07 Å². The lowest BCUT2D eigenvalue weighted by Crippen LogP contribution is -2.81. The normalized spacial score (nSPS) is 42.3. The monoisotopic (exact) mass is 511 g/mol. The Balaban J connectivity index is 1.54. The van der Waals surface area contributed by atoms with Gasteiger partial charge < -0.3 is 55.3 Å². The first kappa shape index (κ1) is 27.3. The molecule has 3 aliphatic rings. The highest BCUT2D eigenvalue weighted by Crippen LogP contribution is 2.46. The molecule has 202 valence electrons. The van der Waals surface area contributed by atoms with E-state index in [0.717, 1.165) is 5.56 Å². The summed E-state index contributed by atoms with van der Waals surface area (Å²) in [6.07, 6.45) is -5.96. The minimum atomic E-state index is -2.29. The van der Waals surface area contributed by atoms with E-state index in [4.69, 9.17) is 18.9 Å². The molecule has 0 amide bonds. The molecule has 1 aromatic rings. The van der Waals surface area contributed by atoms with E-state index in [9.17, 15) is 25.2 Å². The van der Waals surface area contributed by atoms with Crippen LogP contribution >= 0.6 is 0 Å². The molecule has 12 heteroatoms. The summed E-state index contributed by atoms with van der Waals surface area (Å²) in [7, 11) is 4.56. The number of carbonyl (C=O) groups is 1. The summed E-state index contributed by atoms with van der Waals surface area (Å²) in [5.74, 6) is -2.74. The Morgan fingerprint density at radius 3 is 2.50 bits per heavy atom. The number of carbonyl (C=O) groups excluding carboxylic acids is 1. The predicted octanol–water partition coefficient (Wildman–Crippen LogP) is -2.19. The molecule has 0 spiro atoms. The third-order valence-corrected chi connectivity index (χ3v) is 7.44. The molecule has 10 unspecified atom stereocenters. The van der Waals surface area contributed by atoms with E-state index >= 15 is 0 Å². The molecule has 7 N–H and O–H groups in total. The molecular weight excluding hydrogens is 474 g/mol. The van der Waals surface area contributed by atoms with E-state index in [0.29, 0.717) is 5.56 Å². The summed E-state index contributed by atoms with van der Waals surface area (Å²) in [6.45, 7) is 1.94. The number of likely N-dealkylation sites (N-methyl/N-ethyl adjacent to an activating group) is 2. The van der Waals surface area contributed by atoms with Crippen molar-refractivity contribution in [3.63, 3.8) is 0 Å². The van der Waals surface area contributed by atoms with Gasteiger partial charge in [-0.15, -0.1) is 0 Å². The van der Waals surface area contributed by atoms with Gasteiger partial charge in [-0.2, -0.15) is 0 Å². The third-order valence-electron chi connectivity index (χ3n) is 7.44. The average molecular weight is 512 g/mol. The molecule has 1 aromatic carbocycles. The van der Waals surface area contributed by atoms with Crippen LogP contribution in [-0.4, -0.2) is 114 Å². The van der Waals surface area contributed by atoms with Gasteiger partial charge in [0.1, 0.15) is 23.9 Å². The number of aliphatic hydroxyl groups is 4. The lowest BCUT2D eigenvalue weighted by molar-refractivity contribution is -0.482. The van der Waals surface area contributed by atoms with E-state index in [1.165, 1.54) is 7.11 Å². The molecule has 2 saturated heterocycles. The minimum Gasteiger partial charge on any atom is -0.465 e. The zero-order valence-corrected chi connectivity index (χ0v) is 20.9. The van der Waals surface area contributed by atoms with Crippen molar-refractivity contribution in [2.24, 2.45) is 0 Å². The topological polar surface area (TPSA) is 171 Å². The van der Waals surface area contributed by atoms with Gasteiger partial charge in [0.15, 0.2) is 0 Å². The molecule has 36 heavy (non-hydrogen) atoms. The van der Waals surface area contributed by atoms with Crippen LogP contribution in [0, 0.1) is 0 Å². The molecule has 1 saturated carbocycles. The molecule has 4 rings (SSSR count). The second kappa shape index (κ2) is 10.6. The molecule has 10 atom stereocenters. The van der Waals surface area contributed by atoms with Crippen LogP contribution in [0.3, 0.4) is 0 Å². The van der Waals surface area contributed by atoms with E-state index in [2.05, 4.69) is 16.0 Å². The van der Waals surface area contributed by atoms with Gasteiger partial charge in [-0.05, 0) is 38.7 Å². The number of esters is 1. The fourth-order valence-corrected chi connectivity index (χ4v) is 5.57. The van der Waals surface area contributed by atoms with Gasteiger partial charge in [-0.25, -0.2) is 4.79 Å². The van der Waals surface area contributed by atoms with Crippen LogP contribution < -0.4 is 16.0 Å². The molecule has 0 aromatic heterocycles. The zero-order valence-electron chi connectivity index (χ0n) is 20.9. The molecule has 12 nitrogen and oxygen atoms in total. The van der Waals surface area contributed by atoms with Gasteiger partial charge >= 0.3 is 5.97 Å². The number of nitrogens with one attached hydrogen (secondary N) is 3. The van der Waals surface area contributed by atoms with Crippen molar-refractivity contribution in [1.29, 1.82) is 0 Å². The summed E-state index contributed by atoms with van der Waals surface area (Å²) in [5.41, 5.74) is -0.664. The van der Waals surface area contributed by atoms with Crippen LogP contribution in [0.1, 0.15) is 29.3 Å². The first-order valence-electron chi connectivity index (χ1n) is 12.1. The maximum atomic E-state index is 11.8. The van der Waals surface area contributed by atoms with Gasteiger partial charge in [-0.3, -0.25) is 0 Å². The number of aliphatic hydroxyl groups excluding tert-OH is 2. The predicted molar refractivity (Wildman–Crippen MR) is 126 cm³/mol. The van der Waals surface area contributed by atoms with Crippen molar-refractivity contribution in [2.75, 3.05) is 27.7 Å². The van der Waals surface area contributed by atoms with Gasteiger partial charge in [-0.1, -0.05) is 12.1 Å². The number of fused-ring (bicyclic) bond motifs is 2. The maximum absolute atomic E-state index is 11.8. The highest BCUT2D eigenvalue weighted by molar-refractivity contribution is 5.89. The van der Waals surface area contributed by atoms with E-state index in [1.54, 1.807) is 39.2 Å². The number of methoxy groups -OCH3 is 1.